The Morgan fingerprint density at radius 1 is 1.35 bits per heavy atom. The van der Waals surface area contributed by atoms with E-state index in [4.69, 9.17) is 0 Å². The van der Waals surface area contributed by atoms with Gasteiger partial charge in [0.1, 0.15) is 0 Å². The van der Waals surface area contributed by atoms with Crippen LogP contribution in [0, 0.1) is 0 Å². The molecule has 1 saturated heterocycles. The number of aromatic nitrogens is 2. The Hall–Kier alpha value is -2.02. The zero-order valence-electron chi connectivity index (χ0n) is 10.3. The van der Waals surface area contributed by atoms with Gasteiger partial charge in [-0.1, -0.05) is 0 Å². The molecule has 3 heterocycles. The van der Waals surface area contributed by atoms with E-state index < -0.39 is 11.8 Å². The molecule has 20 heavy (non-hydrogen) atoms. The van der Waals surface area contributed by atoms with Crippen LogP contribution in [0.15, 0.2) is 33.8 Å². The molecule has 7 heteroatoms. The van der Waals surface area contributed by atoms with Crippen molar-refractivity contribution < 1.29 is 9.59 Å². The number of halogens is 1. The second-order valence-corrected chi connectivity index (χ2v) is 5.43. The normalized spacial score (nSPS) is 19.1. The first kappa shape index (κ1) is 13.0. The Morgan fingerprint density at radius 2 is 2.15 bits per heavy atom. The lowest BCUT2D eigenvalue weighted by Gasteiger charge is -2.20. The van der Waals surface area contributed by atoms with E-state index in [9.17, 15) is 14.4 Å². The van der Waals surface area contributed by atoms with Crippen LogP contribution >= 0.6 is 15.9 Å². The third-order valence-electron chi connectivity index (χ3n) is 3.33. The van der Waals surface area contributed by atoms with Gasteiger partial charge in [0.05, 0.1) is 10.4 Å². The Bertz CT molecular complexity index is 784. The molecule has 1 N–H and O–H groups in total. The highest BCUT2D eigenvalue weighted by atomic mass is 79.9. The number of amides is 2. The molecule has 3 rings (SSSR count). The summed E-state index contributed by atoms with van der Waals surface area (Å²) in [6.45, 7) is 0. The predicted molar refractivity (Wildman–Crippen MR) is 74.3 cm³/mol. The van der Waals surface area contributed by atoms with Gasteiger partial charge in [-0.2, -0.15) is 0 Å². The molecule has 2 amide bonds. The molecule has 0 radical (unpaired) electrons. The molecule has 1 fully saturated rings. The van der Waals surface area contributed by atoms with Crippen LogP contribution in [0.4, 0.5) is 0 Å². The molecule has 102 valence electrons. The molecule has 2 aromatic rings. The average Bonchev–Trinajstić information content (AvgIpc) is 2.41. The zero-order valence-corrected chi connectivity index (χ0v) is 11.9. The van der Waals surface area contributed by atoms with Crippen LogP contribution in [0.1, 0.15) is 24.3 Å². The molecule has 1 aliphatic rings. The van der Waals surface area contributed by atoms with Crippen molar-refractivity contribution in [2.45, 2.75) is 18.8 Å². The summed E-state index contributed by atoms with van der Waals surface area (Å²) in [5.74, 6) is -1.36. The molecule has 1 unspecified atom stereocenters. The number of nitrogens with zero attached hydrogens (tertiary/aromatic N) is 2. The zero-order chi connectivity index (χ0) is 14.3. The van der Waals surface area contributed by atoms with Gasteiger partial charge >= 0.3 is 0 Å². The van der Waals surface area contributed by atoms with Crippen molar-refractivity contribution in [3.63, 3.8) is 0 Å². The third kappa shape index (κ3) is 2.03. The molecule has 0 spiro atoms. The minimum Gasteiger partial charge on any atom is -0.296 e. The van der Waals surface area contributed by atoms with Gasteiger partial charge in [-0.25, -0.2) is 4.98 Å². The van der Waals surface area contributed by atoms with Crippen molar-refractivity contribution in [3.05, 3.63) is 44.9 Å². The Morgan fingerprint density at radius 3 is 2.90 bits per heavy atom. The number of pyridine rings is 1. The molecule has 1 aliphatic heterocycles. The van der Waals surface area contributed by atoms with Gasteiger partial charge in [0.25, 0.3) is 5.56 Å². The van der Waals surface area contributed by atoms with Crippen LogP contribution in [-0.2, 0) is 9.59 Å². The number of carbonyl (C=O) groups is 2. The Balaban J connectivity index is 2.14. The van der Waals surface area contributed by atoms with Crippen LogP contribution in [-0.4, -0.2) is 21.2 Å². The summed E-state index contributed by atoms with van der Waals surface area (Å²) < 4.78 is 2.09. The summed E-state index contributed by atoms with van der Waals surface area (Å²) in [5.41, 5.74) is 0.518. The molecule has 0 saturated carbocycles. The number of fused-ring (bicyclic) bond motifs is 1. The largest absolute Gasteiger partial charge is 0.296 e. The third-order valence-corrected chi connectivity index (χ3v) is 3.94. The number of carbonyl (C=O) groups excluding carboxylic acids is 2. The smallest absolute Gasteiger partial charge is 0.261 e. The summed E-state index contributed by atoms with van der Waals surface area (Å²) in [4.78, 5) is 39.7. The Kier molecular flexibility index (Phi) is 3.13. The van der Waals surface area contributed by atoms with Crippen LogP contribution < -0.4 is 10.9 Å². The van der Waals surface area contributed by atoms with Gasteiger partial charge in [0.15, 0.2) is 5.65 Å². The molecule has 0 aliphatic carbocycles. The van der Waals surface area contributed by atoms with E-state index in [-0.39, 0.29) is 17.9 Å². The molecule has 2 aromatic heterocycles. The van der Waals surface area contributed by atoms with Gasteiger partial charge in [-0.3, -0.25) is 24.1 Å². The maximum atomic E-state index is 12.4. The quantitative estimate of drug-likeness (QED) is 0.787. The van der Waals surface area contributed by atoms with E-state index in [0.717, 1.165) is 0 Å². The Labute approximate surface area is 122 Å². The van der Waals surface area contributed by atoms with Gasteiger partial charge in [0, 0.05) is 24.4 Å². The molecular formula is C13H10BrN3O3. The first-order chi connectivity index (χ1) is 9.58. The maximum absolute atomic E-state index is 12.4. The summed E-state index contributed by atoms with van der Waals surface area (Å²) in [6.07, 6.45) is 3.59. The standard InChI is InChI=1S/C13H10BrN3O3/c14-9-2-1-5-17-11(9)15-6-8(13(17)20)7-3-4-10(18)16-12(7)19/h1-2,5-7H,3-4H2,(H,16,18,19). The fourth-order valence-corrected chi connectivity index (χ4v) is 2.76. The molecule has 6 nitrogen and oxygen atoms in total. The fourth-order valence-electron chi connectivity index (χ4n) is 2.32. The van der Waals surface area contributed by atoms with Crippen LogP contribution in [0.25, 0.3) is 5.65 Å². The van der Waals surface area contributed by atoms with Crippen molar-refractivity contribution in [2.75, 3.05) is 0 Å². The number of rotatable bonds is 1. The van der Waals surface area contributed by atoms with E-state index in [1.165, 1.54) is 10.6 Å². The fraction of sp³-hybridized carbons (Fsp3) is 0.231. The molecular weight excluding hydrogens is 326 g/mol. The molecule has 1 atom stereocenters. The lowest BCUT2D eigenvalue weighted by atomic mass is 9.92. The number of nitrogens with one attached hydrogen (secondary N) is 1. The topological polar surface area (TPSA) is 80.5 Å². The van der Waals surface area contributed by atoms with Crippen molar-refractivity contribution in [1.82, 2.24) is 14.7 Å². The van der Waals surface area contributed by atoms with E-state index in [1.54, 1.807) is 18.3 Å². The minimum absolute atomic E-state index is 0.233. The van der Waals surface area contributed by atoms with E-state index >= 15 is 0 Å². The number of piperidine rings is 1. The second kappa shape index (κ2) is 4.82. The van der Waals surface area contributed by atoms with Gasteiger partial charge < -0.3 is 0 Å². The highest BCUT2D eigenvalue weighted by molar-refractivity contribution is 9.10. The maximum Gasteiger partial charge on any atom is 0.261 e. The van der Waals surface area contributed by atoms with E-state index in [2.05, 4.69) is 26.2 Å². The minimum atomic E-state index is -0.622. The van der Waals surface area contributed by atoms with Crippen LogP contribution in [0.5, 0.6) is 0 Å². The summed E-state index contributed by atoms with van der Waals surface area (Å²) in [5, 5.41) is 2.25. The SMILES string of the molecule is O=C1CCC(c2cnc3c(Br)cccn3c2=O)C(=O)N1. The van der Waals surface area contributed by atoms with Crippen molar-refractivity contribution in [2.24, 2.45) is 0 Å². The molecule has 0 bridgehead atoms. The van der Waals surface area contributed by atoms with E-state index in [1.807, 2.05) is 0 Å². The lowest BCUT2D eigenvalue weighted by Crippen LogP contribution is -2.41. The number of hydrogen-bond donors (Lipinski definition) is 1. The van der Waals surface area contributed by atoms with Gasteiger partial charge in [-0.05, 0) is 34.5 Å². The highest BCUT2D eigenvalue weighted by Gasteiger charge is 2.30. The number of hydrogen-bond acceptors (Lipinski definition) is 4. The lowest BCUT2D eigenvalue weighted by molar-refractivity contribution is -0.134. The first-order valence-electron chi connectivity index (χ1n) is 6.07. The predicted octanol–water partition coefficient (Wildman–Crippen LogP) is 0.977. The number of imide groups is 1. The van der Waals surface area contributed by atoms with Gasteiger partial charge in [-0.15, -0.1) is 0 Å². The van der Waals surface area contributed by atoms with Crippen molar-refractivity contribution >= 4 is 33.4 Å². The average molecular weight is 336 g/mol. The van der Waals surface area contributed by atoms with Crippen LogP contribution in [0.2, 0.25) is 0 Å². The monoisotopic (exact) mass is 335 g/mol. The summed E-state index contributed by atoms with van der Waals surface area (Å²) in [6, 6.07) is 3.50. The van der Waals surface area contributed by atoms with E-state index in [0.29, 0.717) is 22.1 Å². The summed E-state index contributed by atoms with van der Waals surface area (Å²) in [7, 11) is 0. The highest BCUT2D eigenvalue weighted by Crippen LogP contribution is 2.22. The van der Waals surface area contributed by atoms with Crippen molar-refractivity contribution in [3.8, 4) is 0 Å². The first-order valence-corrected chi connectivity index (χ1v) is 6.86. The summed E-state index contributed by atoms with van der Waals surface area (Å²) >= 11 is 3.33. The van der Waals surface area contributed by atoms with Crippen molar-refractivity contribution in [1.29, 1.82) is 0 Å². The second-order valence-electron chi connectivity index (χ2n) is 4.57. The molecule has 0 aromatic carbocycles. The van der Waals surface area contributed by atoms with Crippen LogP contribution in [0.3, 0.4) is 0 Å². The van der Waals surface area contributed by atoms with Gasteiger partial charge in [0.2, 0.25) is 11.8 Å².